The molecule has 0 aromatic carbocycles. The molecule has 0 spiro atoms. The lowest BCUT2D eigenvalue weighted by atomic mass is 10.2. The highest BCUT2D eigenvalue weighted by molar-refractivity contribution is 5.39. The number of hydrogen-bond donors (Lipinski definition) is 1. The van der Waals surface area contributed by atoms with E-state index in [4.69, 9.17) is 0 Å². The predicted octanol–water partition coefficient (Wildman–Crippen LogP) is 3.01. The molecule has 0 amide bonds. The average Bonchev–Trinajstić information content (AvgIpc) is 2.76. The molecule has 0 fully saturated rings. The molecule has 3 nitrogen and oxygen atoms in total. The van der Waals surface area contributed by atoms with Gasteiger partial charge in [0.05, 0.1) is 11.4 Å². The van der Waals surface area contributed by atoms with E-state index in [2.05, 4.69) is 21.4 Å². The Labute approximate surface area is 97.0 Å². The van der Waals surface area contributed by atoms with Crippen LogP contribution >= 0.6 is 0 Å². The summed E-state index contributed by atoms with van der Waals surface area (Å²) in [5, 5.41) is 3.37. The SMILES string of the molecule is Cc1cnc(C)c(NCCC2=CCCC2)n1. The smallest absolute Gasteiger partial charge is 0.147 e. The Morgan fingerprint density at radius 1 is 1.38 bits per heavy atom. The molecule has 2 rings (SSSR count). The molecule has 0 atom stereocenters. The maximum Gasteiger partial charge on any atom is 0.147 e. The van der Waals surface area contributed by atoms with Crippen molar-refractivity contribution < 1.29 is 0 Å². The molecule has 1 aromatic heterocycles. The van der Waals surface area contributed by atoms with Crippen LogP contribution in [-0.2, 0) is 0 Å². The molecular weight excluding hydrogens is 198 g/mol. The van der Waals surface area contributed by atoms with Crippen LogP contribution in [0, 0.1) is 13.8 Å². The van der Waals surface area contributed by atoms with Gasteiger partial charge in [0.25, 0.3) is 0 Å². The van der Waals surface area contributed by atoms with Gasteiger partial charge in [-0.2, -0.15) is 0 Å². The van der Waals surface area contributed by atoms with E-state index in [1.807, 2.05) is 13.8 Å². The highest BCUT2D eigenvalue weighted by Gasteiger charge is 2.05. The van der Waals surface area contributed by atoms with Gasteiger partial charge in [-0.3, -0.25) is 4.98 Å². The highest BCUT2D eigenvalue weighted by atomic mass is 15.0. The van der Waals surface area contributed by atoms with E-state index in [1.165, 1.54) is 19.3 Å². The van der Waals surface area contributed by atoms with Gasteiger partial charge in [0.15, 0.2) is 0 Å². The van der Waals surface area contributed by atoms with Gasteiger partial charge in [-0.05, 0) is 39.5 Å². The quantitative estimate of drug-likeness (QED) is 0.788. The largest absolute Gasteiger partial charge is 0.368 e. The standard InChI is InChI=1S/C13H19N3/c1-10-9-15-11(2)13(16-10)14-8-7-12-5-3-4-6-12/h5,9H,3-4,6-8H2,1-2H3,(H,14,16). The zero-order valence-corrected chi connectivity index (χ0v) is 10.1. The fourth-order valence-electron chi connectivity index (χ4n) is 2.01. The number of allylic oxidation sites excluding steroid dienone is 1. The maximum absolute atomic E-state index is 4.44. The second kappa shape index (κ2) is 5.10. The van der Waals surface area contributed by atoms with Gasteiger partial charge in [-0.25, -0.2) is 4.98 Å². The summed E-state index contributed by atoms with van der Waals surface area (Å²) in [4.78, 5) is 8.73. The molecule has 0 bridgehead atoms. The average molecular weight is 217 g/mol. The number of nitrogens with zero attached hydrogens (tertiary/aromatic N) is 2. The lowest BCUT2D eigenvalue weighted by molar-refractivity contribution is 0.860. The zero-order chi connectivity index (χ0) is 11.4. The molecule has 0 radical (unpaired) electrons. The summed E-state index contributed by atoms with van der Waals surface area (Å²) < 4.78 is 0. The lowest BCUT2D eigenvalue weighted by Gasteiger charge is -2.08. The summed E-state index contributed by atoms with van der Waals surface area (Å²) in [6.45, 7) is 4.92. The van der Waals surface area contributed by atoms with Crippen molar-refractivity contribution in [3.05, 3.63) is 29.2 Å². The first-order valence-electron chi connectivity index (χ1n) is 5.98. The van der Waals surface area contributed by atoms with Gasteiger partial charge < -0.3 is 5.32 Å². The topological polar surface area (TPSA) is 37.8 Å². The van der Waals surface area contributed by atoms with Crippen molar-refractivity contribution in [3.8, 4) is 0 Å². The third-order valence-corrected chi connectivity index (χ3v) is 2.95. The van der Waals surface area contributed by atoms with Gasteiger partial charge in [-0.15, -0.1) is 0 Å². The molecular formula is C13H19N3. The maximum atomic E-state index is 4.44. The van der Waals surface area contributed by atoms with Gasteiger partial charge in [0.2, 0.25) is 0 Å². The van der Waals surface area contributed by atoms with Crippen molar-refractivity contribution in [3.63, 3.8) is 0 Å². The first-order valence-corrected chi connectivity index (χ1v) is 5.98. The third kappa shape index (κ3) is 2.81. The first kappa shape index (κ1) is 11.1. The molecule has 86 valence electrons. The molecule has 0 saturated heterocycles. The molecule has 1 aliphatic carbocycles. The van der Waals surface area contributed by atoms with Gasteiger partial charge in [-0.1, -0.05) is 11.6 Å². The molecule has 1 aliphatic rings. The Bertz CT molecular complexity index is 396. The summed E-state index contributed by atoms with van der Waals surface area (Å²) in [5.74, 6) is 0.929. The minimum atomic E-state index is 0.929. The Morgan fingerprint density at radius 2 is 2.25 bits per heavy atom. The van der Waals surface area contributed by atoms with Crippen molar-refractivity contribution in [2.45, 2.75) is 39.5 Å². The molecule has 0 saturated carbocycles. The Morgan fingerprint density at radius 3 is 3.00 bits per heavy atom. The molecule has 0 unspecified atom stereocenters. The van der Waals surface area contributed by atoms with E-state index in [0.29, 0.717) is 0 Å². The molecule has 1 N–H and O–H groups in total. The van der Waals surface area contributed by atoms with Crippen molar-refractivity contribution in [2.24, 2.45) is 0 Å². The Balaban J connectivity index is 1.86. The van der Waals surface area contributed by atoms with Gasteiger partial charge in [0.1, 0.15) is 5.82 Å². The first-order chi connectivity index (χ1) is 7.75. The molecule has 3 heteroatoms. The highest BCUT2D eigenvalue weighted by Crippen LogP contribution is 2.20. The van der Waals surface area contributed by atoms with Crippen molar-refractivity contribution >= 4 is 5.82 Å². The predicted molar refractivity (Wildman–Crippen MR) is 66.5 cm³/mol. The van der Waals surface area contributed by atoms with Crippen LogP contribution in [0.15, 0.2) is 17.8 Å². The summed E-state index contributed by atoms with van der Waals surface area (Å²) in [7, 11) is 0. The van der Waals surface area contributed by atoms with E-state index in [9.17, 15) is 0 Å². The number of hydrogen-bond acceptors (Lipinski definition) is 3. The van der Waals surface area contributed by atoms with Crippen LogP contribution in [0.4, 0.5) is 5.82 Å². The summed E-state index contributed by atoms with van der Waals surface area (Å²) in [6, 6.07) is 0. The number of rotatable bonds is 4. The van der Waals surface area contributed by atoms with Crippen molar-refractivity contribution in [1.82, 2.24) is 9.97 Å². The van der Waals surface area contributed by atoms with Gasteiger partial charge >= 0.3 is 0 Å². The second-order valence-corrected chi connectivity index (χ2v) is 4.38. The Hall–Kier alpha value is -1.38. The number of aromatic nitrogens is 2. The van der Waals surface area contributed by atoms with E-state index < -0.39 is 0 Å². The van der Waals surface area contributed by atoms with Crippen molar-refractivity contribution in [2.75, 3.05) is 11.9 Å². The minimum Gasteiger partial charge on any atom is -0.368 e. The molecule has 1 aromatic rings. The van der Waals surface area contributed by atoms with Crippen molar-refractivity contribution in [1.29, 1.82) is 0 Å². The van der Waals surface area contributed by atoms with Crippen LogP contribution in [-0.4, -0.2) is 16.5 Å². The van der Waals surface area contributed by atoms with Crippen LogP contribution in [0.2, 0.25) is 0 Å². The fraction of sp³-hybridized carbons (Fsp3) is 0.538. The third-order valence-electron chi connectivity index (χ3n) is 2.95. The molecule has 1 heterocycles. The number of aryl methyl sites for hydroxylation is 2. The Kier molecular flexibility index (Phi) is 3.54. The van der Waals surface area contributed by atoms with Crippen LogP contribution in [0.1, 0.15) is 37.1 Å². The normalized spacial score (nSPS) is 15.0. The molecule has 0 aliphatic heterocycles. The van der Waals surface area contributed by atoms with E-state index in [-0.39, 0.29) is 0 Å². The number of anilines is 1. The molecule has 16 heavy (non-hydrogen) atoms. The monoisotopic (exact) mass is 217 g/mol. The second-order valence-electron chi connectivity index (χ2n) is 4.38. The summed E-state index contributed by atoms with van der Waals surface area (Å²) in [5.41, 5.74) is 3.53. The summed E-state index contributed by atoms with van der Waals surface area (Å²) >= 11 is 0. The number of nitrogens with one attached hydrogen (secondary N) is 1. The van der Waals surface area contributed by atoms with E-state index >= 15 is 0 Å². The van der Waals surface area contributed by atoms with E-state index in [1.54, 1.807) is 11.8 Å². The lowest BCUT2D eigenvalue weighted by Crippen LogP contribution is -2.07. The van der Waals surface area contributed by atoms with E-state index in [0.717, 1.165) is 30.2 Å². The van der Waals surface area contributed by atoms with Crippen LogP contribution in [0.3, 0.4) is 0 Å². The van der Waals surface area contributed by atoms with Crippen LogP contribution in [0.25, 0.3) is 0 Å². The summed E-state index contributed by atoms with van der Waals surface area (Å²) in [6.07, 6.45) is 9.18. The van der Waals surface area contributed by atoms with Crippen LogP contribution < -0.4 is 5.32 Å². The van der Waals surface area contributed by atoms with Crippen LogP contribution in [0.5, 0.6) is 0 Å². The zero-order valence-electron chi connectivity index (χ0n) is 10.1. The van der Waals surface area contributed by atoms with Gasteiger partial charge in [0, 0.05) is 12.7 Å². The fourth-order valence-corrected chi connectivity index (χ4v) is 2.01. The minimum absolute atomic E-state index is 0.929.